The van der Waals surface area contributed by atoms with Crippen LogP contribution < -0.4 is 16.7 Å². The molecule has 12 nitrogen and oxygen atoms in total. The number of fused-ring (bicyclic) bond motifs is 2. The van der Waals surface area contributed by atoms with Gasteiger partial charge in [-0.3, -0.25) is 14.0 Å². The zero-order chi connectivity index (χ0) is 27.1. The Morgan fingerprint density at radius 3 is 2.64 bits per heavy atom. The first-order chi connectivity index (χ1) is 18.9. The molecule has 0 aliphatic heterocycles. The summed E-state index contributed by atoms with van der Waals surface area (Å²) in [6, 6.07) is 13.8. The molecule has 5 aromatic heterocycles. The number of nitrogens with two attached hydrogens (primary N) is 1. The molecule has 6 rings (SSSR count). The summed E-state index contributed by atoms with van der Waals surface area (Å²) in [5.41, 5.74) is 8.68. The summed E-state index contributed by atoms with van der Waals surface area (Å²) in [6.45, 7) is 1.78. The number of benzene rings is 1. The molecule has 1 aromatic carbocycles. The second-order valence-electron chi connectivity index (χ2n) is 8.83. The quantitative estimate of drug-likeness (QED) is 0.339. The lowest BCUT2D eigenvalue weighted by Gasteiger charge is -2.20. The van der Waals surface area contributed by atoms with E-state index in [4.69, 9.17) is 5.73 Å². The van der Waals surface area contributed by atoms with Crippen molar-refractivity contribution in [3.05, 3.63) is 106 Å². The summed E-state index contributed by atoms with van der Waals surface area (Å²) in [5.74, 6) is 5.56. The van der Waals surface area contributed by atoms with Gasteiger partial charge in [0.25, 0.3) is 5.91 Å². The minimum Gasteiger partial charge on any atom is -0.381 e. The van der Waals surface area contributed by atoms with E-state index in [1.54, 1.807) is 61.6 Å². The van der Waals surface area contributed by atoms with Gasteiger partial charge in [0.15, 0.2) is 11.5 Å². The smallest absolute Gasteiger partial charge is 0.339 e. The SMILES string of the molecule is C[C@H](NC(=O)c1c(N)nn2cccnc12)c1cc2ncc(C#Cc3ccn(C)n3)n2c(=O)n1-c1ccccc1. The number of nitrogen functional groups attached to an aromatic ring is 1. The van der Waals surface area contributed by atoms with Crippen molar-refractivity contribution in [3.8, 4) is 17.5 Å². The maximum Gasteiger partial charge on any atom is 0.339 e. The van der Waals surface area contributed by atoms with Crippen molar-refractivity contribution in [2.75, 3.05) is 5.73 Å². The van der Waals surface area contributed by atoms with Crippen LogP contribution in [0.15, 0.2) is 78.1 Å². The zero-order valence-electron chi connectivity index (χ0n) is 21.0. The lowest BCUT2D eigenvalue weighted by Crippen LogP contribution is -2.34. The number of amides is 1. The molecule has 39 heavy (non-hydrogen) atoms. The van der Waals surface area contributed by atoms with Gasteiger partial charge in [0.1, 0.15) is 22.6 Å². The monoisotopic (exact) mass is 518 g/mol. The highest BCUT2D eigenvalue weighted by Gasteiger charge is 2.24. The number of carbonyl (C=O) groups excluding carboxylic acids is 1. The van der Waals surface area contributed by atoms with Gasteiger partial charge in [-0.25, -0.2) is 23.7 Å². The molecule has 0 radical (unpaired) electrons. The van der Waals surface area contributed by atoms with Crippen molar-refractivity contribution in [1.29, 1.82) is 0 Å². The number of aryl methyl sites for hydroxylation is 1. The third-order valence-corrected chi connectivity index (χ3v) is 6.19. The molecule has 1 amide bonds. The van der Waals surface area contributed by atoms with Crippen LogP contribution in [0.1, 0.15) is 40.4 Å². The second-order valence-corrected chi connectivity index (χ2v) is 8.83. The van der Waals surface area contributed by atoms with Gasteiger partial charge in [0.05, 0.1) is 23.6 Å². The predicted octanol–water partition coefficient (Wildman–Crippen LogP) is 1.73. The summed E-state index contributed by atoms with van der Waals surface area (Å²) in [4.78, 5) is 35.9. The standard InChI is InChI=1S/C27H22N10O2/c1-17(31-26(38)23-24(28)33-35-13-6-12-29-25(23)35)21-15-22-30-16-20(10-9-18-11-14-34(2)32-18)37(22)27(39)36(21)19-7-4-3-5-8-19/h3-8,11-17H,1-2H3,(H2,28,33)(H,31,38)/t17-/m0/s1. The Hall–Kier alpha value is -5.70. The van der Waals surface area contributed by atoms with Gasteiger partial charge in [0.2, 0.25) is 0 Å². The molecule has 0 saturated carbocycles. The van der Waals surface area contributed by atoms with Crippen LogP contribution in [0.25, 0.3) is 17.0 Å². The maximum absolute atomic E-state index is 13.9. The van der Waals surface area contributed by atoms with Crippen LogP contribution in [0, 0.1) is 11.8 Å². The fourth-order valence-electron chi connectivity index (χ4n) is 4.39. The van der Waals surface area contributed by atoms with Crippen LogP contribution >= 0.6 is 0 Å². The molecule has 192 valence electrons. The number of nitrogens with zero attached hydrogens (tertiary/aromatic N) is 8. The Bertz CT molecular complexity index is 1990. The molecule has 0 spiro atoms. The number of nitrogens with one attached hydrogen (secondary N) is 1. The first-order valence-electron chi connectivity index (χ1n) is 12.0. The highest BCUT2D eigenvalue weighted by molar-refractivity contribution is 6.04. The van der Waals surface area contributed by atoms with Gasteiger partial charge in [-0.1, -0.05) is 18.2 Å². The number of imidazole rings is 1. The Balaban J connectivity index is 1.45. The summed E-state index contributed by atoms with van der Waals surface area (Å²) in [6.07, 6.45) is 6.55. The van der Waals surface area contributed by atoms with Crippen LogP contribution in [0.3, 0.4) is 0 Å². The largest absolute Gasteiger partial charge is 0.381 e. The highest BCUT2D eigenvalue weighted by atomic mass is 16.2. The van der Waals surface area contributed by atoms with E-state index in [0.717, 1.165) is 0 Å². The number of carbonyl (C=O) groups is 1. The molecule has 0 aliphatic carbocycles. The minimum atomic E-state index is -0.617. The number of anilines is 1. The number of hydrogen-bond acceptors (Lipinski definition) is 7. The van der Waals surface area contributed by atoms with Gasteiger partial charge < -0.3 is 11.1 Å². The fraction of sp³-hybridized carbons (Fsp3) is 0.111. The average molecular weight is 519 g/mol. The van der Waals surface area contributed by atoms with Gasteiger partial charge in [-0.15, -0.1) is 5.10 Å². The second kappa shape index (κ2) is 9.31. The van der Waals surface area contributed by atoms with E-state index in [0.29, 0.717) is 34.1 Å². The van der Waals surface area contributed by atoms with Crippen LogP contribution in [-0.2, 0) is 7.05 Å². The summed E-state index contributed by atoms with van der Waals surface area (Å²) in [7, 11) is 1.81. The number of para-hydroxylation sites is 1. The molecule has 3 N–H and O–H groups in total. The van der Waals surface area contributed by atoms with Gasteiger partial charge in [-0.2, -0.15) is 5.10 Å². The molecule has 0 fully saturated rings. The van der Waals surface area contributed by atoms with Crippen molar-refractivity contribution in [3.63, 3.8) is 0 Å². The van der Waals surface area contributed by atoms with E-state index < -0.39 is 11.9 Å². The first-order valence-corrected chi connectivity index (χ1v) is 12.0. The van der Waals surface area contributed by atoms with Gasteiger partial charge >= 0.3 is 5.69 Å². The molecule has 6 aromatic rings. The molecule has 0 unspecified atom stereocenters. The van der Waals surface area contributed by atoms with Crippen LogP contribution in [0.2, 0.25) is 0 Å². The molecular formula is C27H22N10O2. The van der Waals surface area contributed by atoms with Crippen molar-refractivity contribution < 1.29 is 4.79 Å². The Kier molecular flexibility index (Phi) is 5.65. The van der Waals surface area contributed by atoms with E-state index >= 15 is 0 Å². The lowest BCUT2D eigenvalue weighted by atomic mass is 10.1. The third-order valence-electron chi connectivity index (χ3n) is 6.19. The zero-order valence-corrected chi connectivity index (χ0v) is 21.0. The fourth-order valence-corrected chi connectivity index (χ4v) is 4.39. The average Bonchev–Trinajstić information content (AvgIpc) is 3.63. The highest BCUT2D eigenvalue weighted by Crippen LogP contribution is 2.21. The van der Waals surface area contributed by atoms with Crippen LogP contribution in [0.5, 0.6) is 0 Å². The maximum atomic E-state index is 13.9. The normalized spacial score (nSPS) is 11.8. The Labute approximate surface area is 221 Å². The molecule has 0 saturated heterocycles. The Morgan fingerprint density at radius 1 is 1.05 bits per heavy atom. The predicted molar refractivity (Wildman–Crippen MR) is 143 cm³/mol. The van der Waals surface area contributed by atoms with Crippen molar-refractivity contribution >= 4 is 23.0 Å². The molecule has 12 heteroatoms. The van der Waals surface area contributed by atoms with E-state index in [1.807, 2.05) is 30.3 Å². The number of aromatic nitrogens is 8. The van der Waals surface area contributed by atoms with Crippen LogP contribution in [0.4, 0.5) is 5.82 Å². The van der Waals surface area contributed by atoms with Crippen molar-refractivity contribution in [1.82, 2.24) is 43.6 Å². The van der Waals surface area contributed by atoms with Crippen molar-refractivity contribution in [2.45, 2.75) is 13.0 Å². The number of rotatable bonds is 4. The Morgan fingerprint density at radius 2 is 1.87 bits per heavy atom. The lowest BCUT2D eigenvalue weighted by molar-refractivity contribution is 0.0941. The molecule has 1 atom stereocenters. The molecule has 0 bridgehead atoms. The van der Waals surface area contributed by atoms with E-state index in [-0.39, 0.29) is 17.1 Å². The van der Waals surface area contributed by atoms with E-state index in [9.17, 15) is 9.59 Å². The van der Waals surface area contributed by atoms with Crippen LogP contribution in [-0.4, -0.2) is 44.2 Å². The summed E-state index contributed by atoms with van der Waals surface area (Å²) in [5, 5.41) is 11.4. The molecular weight excluding hydrogens is 496 g/mol. The summed E-state index contributed by atoms with van der Waals surface area (Å²) < 4.78 is 6.07. The third kappa shape index (κ3) is 4.17. The minimum absolute atomic E-state index is 0.0543. The van der Waals surface area contributed by atoms with Gasteiger partial charge in [-0.05, 0) is 43.0 Å². The first kappa shape index (κ1) is 23.7. The topological polar surface area (TPSA) is 142 Å². The number of hydrogen-bond donors (Lipinski definition) is 2. The van der Waals surface area contributed by atoms with Gasteiger partial charge in [0, 0.05) is 31.7 Å². The van der Waals surface area contributed by atoms with E-state index in [1.165, 1.54) is 13.5 Å². The summed E-state index contributed by atoms with van der Waals surface area (Å²) >= 11 is 0. The van der Waals surface area contributed by atoms with E-state index in [2.05, 4.69) is 37.3 Å². The molecule has 5 heterocycles. The molecule has 0 aliphatic rings. The van der Waals surface area contributed by atoms with Crippen molar-refractivity contribution in [2.24, 2.45) is 7.05 Å².